The number of para-hydroxylation sites is 1. The largest absolute Gasteiger partial charge is 0.486 e. The number of ether oxygens (including phenoxy) is 2. The van der Waals surface area contributed by atoms with Gasteiger partial charge in [0.05, 0.1) is 17.2 Å². The zero-order chi connectivity index (χ0) is 22.6. The summed E-state index contributed by atoms with van der Waals surface area (Å²) in [4.78, 5) is 38.9. The highest BCUT2D eigenvalue weighted by atomic mass is 19.4. The van der Waals surface area contributed by atoms with Crippen LogP contribution in [0.25, 0.3) is 10.9 Å². The lowest BCUT2D eigenvalue weighted by molar-refractivity contribution is -0.0928. The number of Topliss-reactive ketones (excluding diaryl/α,β-unsaturated/α-hetero) is 2. The van der Waals surface area contributed by atoms with Crippen molar-refractivity contribution in [2.45, 2.75) is 52.5 Å². The maximum atomic E-state index is 13.8. The van der Waals surface area contributed by atoms with Gasteiger partial charge in [0, 0.05) is 5.39 Å². The number of carbonyl (C=O) groups excluding carboxylic acids is 3. The Labute approximate surface area is 170 Å². The van der Waals surface area contributed by atoms with Gasteiger partial charge in [0.25, 0.3) is 0 Å². The maximum Gasteiger partial charge on any atom is 0.423 e. The molecule has 0 saturated carbocycles. The van der Waals surface area contributed by atoms with Crippen molar-refractivity contribution >= 4 is 28.6 Å². The molecule has 160 valence electrons. The Morgan fingerprint density at radius 3 is 2.17 bits per heavy atom. The second kappa shape index (κ2) is 7.00. The summed E-state index contributed by atoms with van der Waals surface area (Å²) in [5, 5.41) is 0.155. The number of benzene rings is 1. The van der Waals surface area contributed by atoms with Gasteiger partial charge >= 0.3 is 12.3 Å². The summed E-state index contributed by atoms with van der Waals surface area (Å²) in [5.74, 6) is -3.69. The van der Waals surface area contributed by atoms with E-state index in [4.69, 9.17) is 9.47 Å². The molecule has 0 fully saturated rings. The minimum absolute atomic E-state index is 0.0887. The van der Waals surface area contributed by atoms with Gasteiger partial charge < -0.3 is 9.47 Å². The molecule has 6 nitrogen and oxygen atoms in total. The first-order chi connectivity index (χ1) is 13.7. The summed E-state index contributed by atoms with van der Waals surface area (Å²) in [6.07, 6.45) is -7.00. The number of aromatic nitrogens is 1. The molecule has 0 saturated heterocycles. The third-order valence-corrected chi connectivity index (χ3v) is 4.19. The summed E-state index contributed by atoms with van der Waals surface area (Å²) in [6, 6.07) is 5.96. The molecule has 2 aromatic rings. The van der Waals surface area contributed by atoms with Gasteiger partial charge in [0.1, 0.15) is 11.3 Å². The van der Waals surface area contributed by atoms with Crippen molar-refractivity contribution < 1.29 is 37.0 Å². The SMILES string of the molecule is CC(C)OC1=C(C(F)(F)F)C(=O)c2c(c3ccccc3n2C(=O)OC(C)(C)C)C1=O. The molecule has 30 heavy (non-hydrogen) atoms. The molecular formula is C21H20F3NO5. The minimum Gasteiger partial charge on any atom is -0.486 e. The Kier molecular flexibility index (Phi) is 5.04. The van der Waals surface area contributed by atoms with Gasteiger partial charge in [-0.2, -0.15) is 13.2 Å². The van der Waals surface area contributed by atoms with Gasteiger partial charge in [-0.25, -0.2) is 9.36 Å². The number of ketones is 2. The van der Waals surface area contributed by atoms with Crippen LogP contribution in [0, 0.1) is 0 Å². The van der Waals surface area contributed by atoms with E-state index in [9.17, 15) is 27.6 Å². The molecule has 0 amide bonds. The molecule has 0 atom stereocenters. The molecule has 0 spiro atoms. The summed E-state index contributed by atoms with van der Waals surface area (Å²) < 4.78 is 52.5. The molecular weight excluding hydrogens is 403 g/mol. The average Bonchev–Trinajstić information content (AvgIpc) is 2.92. The molecule has 0 unspecified atom stereocenters. The highest BCUT2D eigenvalue weighted by molar-refractivity contribution is 6.31. The summed E-state index contributed by atoms with van der Waals surface area (Å²) in [7, 11) is 0. The molecule has 0 aliphatic heterocycles. The Morgan fingerprint density at radius 2 is 1.63 bits per heavy atom. The van der Waals surface area contributed by atoms with Crippen molar-refractivity contribution in [3.63, 3.8) is 0 Å². The predicted octanol–water partition coefficient (Wildman–Crippen LogP) is 5.04. The fourth-order valence-electron chi connectivity index (χ4n) is 3.24. The van der Waals surface area contributed by atoms with Gasteiger partial charge in [-0.3, -0.25) is 9.59 Å². The fraction of sp³-hybridized carbons (Fsp3) is 0.381. The van der Waals surface area contributed by atoms with E-state index in [1.807, 2.05) is 0 Å². The molecule has 0 bridgehead atoms. The number of fused-ring (bicyclic) bond motifs is 3. The highest BCUT2D eigenvalue weighted by Crippen LogP contribution is 2.41. The average molecular weight is 423 g/mol. The molecule has 9 heteroatoms. The summed E-state index contributed by atoms with van der Waals surface area (Å²) in [6.45, 7) is 7.61. The summed E-state index contributed by atoms with van der Waals surface area (Å²) >= 11 is 0. The molecule has 3 rings (SSSR count). The Balaban J connectivity index is 2.37. The molecule has 1 aliphatic carbocycles. The van der Waals surface area contributed by atoms with E-state index in [2.05, 4.69) is 0 Å². The van der Waals surface area contributed by atoms with Gasteiger partial charge in [0.2, 0.25) is 11.6 Å². The predicted molar refractivity (Wildman–Crippen MR) is 102 cm³/mol. The normalized spacial score (nSPS) is 15.1. The Morgan fingerprint density at radius 1 is 1.03 bits per heavy atom. The van der Waals surface area contributed by atoms with E-state index < -0.39 is 52.6 Å². The van der Waals surface area contributed by atoms with Crippen molar-refractivity contribution in [1.82, 2.24) is 4.57 Å². The zero-order valence-corrected chi connectivity index (χ0v) is 17.0. The molecule has 1 aromatic carbocycles. The van der Waals surface area contributed by atoms with Gasteiger partial charge in [0.15, 0.2) is 11.3 Å². The van der Waals surface area contributed by atoms with Crippen LogP contribution in [-0.2, 0) is 9.47 Å². The Bertz CT molecular complexity index is 1100. The molecule has 0 N–H and O–H groups in total. The van der Waals surface area contributed by atoms with E-state index in [1.54, 1.807) is 26.8 Å². The van der Waals surface area contributed by atoms with Crippen molar-refractivity contribution in [3.05, 3.63) is 46.9 Å². The Hall–Kier alpha value is -3.10. The quantitative estimate of drug-likeness (QED) is 0.676. The first kappa shape index (κ1) is 21.6. The van der Waals surface area contributed by atoms with Gasteiger partial charge in [-0.1, -0.05) is 18.2 Å². The van der Waals surface area contributed by atoms with Crippen LogP contribution in [0.1, 0.15) is 55.5 Å². The first-order valence-electron chi connectivity index (χ1n) is 9.18. The van der Waals surface area contributed by atoms with Gasteiger partial charge in [-0.05, 0) is 40.7 Å². The lowest BCUT2D eigenvalue weighted by atomic mass is 9.91. The van der Waals surface area contributed by atoms with Crippen LogP contribution in [0.2, 0.25) is 0 Å². The lowest BCUT2D eigenvalue weighted by Crippen LogP contribution is -2.35. The monoisotopic (exact) mass is 423 g/mol. The number of hydrogen-bond acceptors (Lipinski definition) is 5. The van der Waals surface area contributed by atoms with E-state index in [-0.39, 0.29) is 16.5 Å². The summed E-state index contributed by atoms with van der Waals surface area (Å²) in [5.41, 5.74) is -3.62. The fourth-order valence-corrected chi connectivity index (χ4v) is 3.24. The number of carbonyl (C=O) groups is 3. The second-order valence-electron chi connectivity index (χ2n) is 8.08. The smallest absolute Gasteiger partial charge is 0.423 e. The third-order valence-electron chi connectivity index (χ3n) is 4.19. The van der Waals surface area contributed by atoms with Crippen molar-refractivity contribution in [3.8, 4) is 0 Å². The molecule has 1 aliphatic rings. The van der Waals surface area contributed by atoms with E-state index in [1.165, 1.54) is 32.0 Å². The van der Waals surface area contributed by atoms with Crippen LogP contribution in [-0.4, -0.2) is 40.1 Å². The van der Waals surface area contributed by atoms with Crippen LogP contribution in [0.4, 0.5) is 18.0 Å². The number of nitrogens with zero attached hydrogens (tertiary/aromatic N) is 1. The minimum atomic E-state index is -5.16. The van der Waals surface area contributed by atoms with E-state index in [0.29, 0.717) is 0 Å². The third kappa shape index (κ3) is 3.59. The second-order valence-corrected chi connectivity index (χ2v) is 8.08. The number of alkyl halides is 3. The molecule has 1 aromatic heterocycles. The van der Waals surface area contributed by atoms with Crippen LogP contribution < -0.4 is 0 Å². The molecule has 0 radical (unpaired) electrons. The van der Waals surface area contributed by atoms with Crippen molar-refractivity contribution in [2.24, 2.45) is 0 Å². The van der Waals surface area contributed by atoms with Crippen molar-refractivity contribution in [1.29, 1.82) is 0 Å². The number of hydrogen-bond donors (Lipinski definition) is 0. The standard InChI is InChI=1S/C21H20F3NO5/c1-10(2)29-18-14(21(22,23)24)17(27)15-13(16(18)26)11-8-6-7-9-12(11)25(15)19(28)30-20(3,4)5/h6-10H,1-5H3. The number of allylic oxidation sites excluding steroid dienone is 2. The van der Waals surface area contributed by atoms with Crippen molar-refractivity contribution in [2.75, 3.05) is 0 Å². The van der Waals surface area contributed by atoms with E-state index in [0.717, 1.165) is 4.57 Å². The lowest BCUT2D eigenvalue weighted by Gasteiger charge is -2.24. The van der Waals surface area contributed by atoms with Crippen LogP contribution in [0.5, 0.6) is 0 Å². The van der Waals surface area contributed by atoms with Crippen LogP contribution in [0.15, 0.2) is 35.6 Å². The number of halogens is 3. The highest BCUT2D eigenvalue weighted by Gasteiger charge is 2.51. The first-order valence-corrected chi connectivity index (χ1v) is 9.18. The number of rotatable bonds is 2. The maximum absolute atomic E-state index is 13.8. The molecule has 1 heterocycles. The van der Waals surface area contributed by atoms with Crippen LogP contribution >= 0.6 is 0 Å². The van der Waals surface area contributed by atoms with Gasteiger partial charge in [-0.15, -0.1) is 0 Å². The van der Waals surface area contributed by atoms with Crippen LogP contribution in [0.3, 0.4) is 0 Å². The topological polar surface area (TPSA) is 74.6 Å². The zero-order valence-electron chi connectivity index (χ0n) is 17.0. The van der Waals surface area contributed by atoms with E-state index >= 15 is 0 Å².